The van der Waals surface area contributed by atoms with E-state index in [0.717, 1.165) is 18.8 Å². The first kappa shape index (κ1) is 17.5. The van der Waals surface area contributed by atoms with E-state index in [1.54, 1.807) is 19.2 Å². The zero-order valence-corrected chi connectivity index (χ0v) is 14.3. The fourth-order valence-corrected chi connectivity index (χ4v) is 2.65. The van der Waals surface area contributed by atoms with Crippen LogP contribution >= 0.6 is 11.6 Å². The molecule has 0 aliphatic carbocycles. The predicted octanol–water partition coefficient (Wildman–Crippen LogP) is 3.93. The van der Waals surface area contributed by atoms with Gasteiger partial charge in [0, 0.05) is 31.4 Å². The van der Waals surface area contributed by atoms with Gasteiger partial charge in [0.15, 0.2) is 0 Å². The Kier molecular flexibility index (Phi) is 5.77. The van der Waals surface area contributed by atoms with Crippen LogP contribution in [0.25, 0.3) is 0 Å². The maximum Gasteiger partial charge on any atom is 0.255 e. The van der Waals surface area contributed by atoms with Crippen molar-refractivity contribution in [3.8, 4) is 0 Å². The summed E-state index contributed by atoms with van der Waals surface area (Å²) in [5.74, 6) is 0.282. The highest BCUT2D eigenvalue weighted by Crippen LogP contribution is 2.23. The Morgan fingerprint density at radius 2 is 2.17 bits per heavy atom. The first-order valence-electron chi connectivity index (χ1n) is 7.65. The summed E-state index contributed by atoms with van der Waals surface area (Å²) >= 11 is 6.03. The number of nitrogens with one attached hydrogen (secondary N) is 1. The van der Waals surface area contributed by atoms with Crippen LogP contribution in [0.3, 0.4) is 0 Å². The van der Waals surface area contributed by atoms with Gasteiger partial charge >= 0.3 is 0 Å². The molecular weight excluding hydrogens is 317 g/mol. The van der Waals surface area contributed by atoms with Crippen LogP contribution in [0.4, 0.5) is 4.39 Å². The van der Waals surface area contributed by atoms with E-state index in [-0.39, 0.29) is 10.6 Å². The van der Waals surface area contributed by atoms with Crippen LogP contribution in [-0.2, 0) is 6.54 Å². The van der Waals surface area contributed by atoms with Gasteiger partial charge in [-0.3, -0.25) is 4.79 Å². The molecule has 0 atom stereocenters. The normalized spacial score (nSPS) is 11.0. The van der Waals surface area contributed by atoms with E-state index in [1.807, 2.05) is 6.20 Å². The monoisotopic (exact) mass is 337 g/mol. The standard InChI is InChI=1S/C17H21ClFN3O/c1-11(2)16-20-8-10-22(16)9-4-7-21-17(23)14-13(19)6-5-12(3)15(14)18/h5-6,8,10-11H,4,7,9H2,1-3H3,(H,21,23). The van der Waals surface area contributed by atoms with Crippen molar-refractivity contribution in [2.75, 3.05) is 6.54 Å². The molecule has 1 aromatic heterocycles. The molecule has 1 amide bonds. The molecule has 0 aliphatic heterocycles. The minimum absolute atomic E-state index is 0.0860. The van der Waals surface area contributed by atoms with Gasteiger partial charge < -0.3 is 9.88 Å². The Morgan fingerprint density at radius 3 is 2.87 bits per heavy atom. The molecule has 1 N–H and O–H groups in total. The van der Waals surface area contributed by atoms with Crippen LogP contribution < -0.4 is 5.32 Å². The molecule has 23 heavy (non-hydrogen) atoms. The molecule has 0 saturated heterocycles. The van der Waals surface area contributed by atoms with E-state index in [4.69, 9.17) is 11.6 Å². The Bertz CT molecular complexity index is 697. The van der Waals surface area contributed by atoms with Crippen LogP contribution in [0, 0.1) is 12.7 Å². The number of halogens is 2. The molecule has 0 bridgehead atoms. The zero-order valence-electron chi connectivity index (χ0n) is 13.6. The fraction of sp³-hybridized carbons (Fsp3) is 0.412. The number of imidazole rings is 1. The molecule has 4 nitrogen and oxygen atoms in total. The molecule has 1 heterocycles. The molecule has 1 aromatic carbocycles. The summed E-state index contributed by atoms with van der Waals surface area (Å²) in [5, 5.41) is 2.89. The fourth-order valence-electron chi connectivity index (χ4n) is 2.42. The van der Waals surface area contributed by atoms with Crippen LogP contribution in [0.2, 0.25) is 5.02 Å². The third-order valence-corrected chi connectivity index (χ3v) is 4.12. The largest absolute Gasteiger partial charge is 0.352 e. The molecular formula is C17H21ClFN3O. The summed E-state index contributed by atoms with van der Waals surface area (Å²) in [6.45, 7) is 7.10. The van der Waals surface area contributed by atoms with Gasteiger partial charge in [-0.05, 0) is 25.0 Å². The Labute approximate surface area is 140 Å². The number of amides is 1. The van der Waals surface area contributed by atoms with E-state index < -0.39 is 11.7 Å². The minimum Gasteiger partial charge on any atom is -0.352 e. The van der Waals surface area contributed by atoms with E-state index in [9.17, 15) is 9.18 Å². The van der Waals surface area contributed by atoms with Crippen molar-refractivity contribution < 1.29 is 9.18 Å². The summed E-state index contributed by atoms with van der Waals surface area (Å²) in [7, 11) is 0. The summed E-state index contributed by atoms with van der Waals surface area (Å²) < 4.78 is 15.9. The third kappa shape index (κ3) is 4.10. The van der Waals surface area contributed by atoms with Gasteiger partial charge in [0.05, 0.1) is 10.6 Å². The molecule has 0 fully saturated rings. The summed E-state index contributed by atoms with van der Waals surface area (Å²) in [6, 6.07) is 2.82. The molecule has 6 heteroatoms. The van der Waals surface area contributed by atoms with Crippen LogP contribution in [0.15, 0.2) is 24.5 Å². The Balaban J connectivity index is 1.91. The number of rotatable bonds is 6. The molecule has 0 unspecified atom stereocenters. The predicted molar refractivity (Wildman–Crippen MR) is 89.4 cm³/mol. The van der Waals surface area contributed by atoms with Gasteiger partial charge in [-0.25, -0.2) is 9.37 Å². The number of benzene rings is 1. The van der Waals surface area contributed by atoms with Crippen molar-refractivity contribution in [1.82, 2.24) is 14.9 Å². The van der Waals surface area contributed by atoms with Crippen molar-refractivity contribution in [3.05, 3.63) is 52.3 Å². The van der Waals surface area contributed by atoms with Gasteiger partial charge in [-0.15, -0.1) is 0 Å². The van der Waals surface area contributed by atoms with Gasteiger partial charge in [0.1, 0.15) is 11.6 Å². The summed E-state index contributed by atoms with van der Waals surface area (Å²) in [6.07, 6.45) is 4.43. The van der Waals surface area contributed by atoms with Crippen LogP contribution in [-0.4, -0.2) is 22.0 Å². The van der Waals surface area contributed by atoms with Crippen molar-refractivity contribution >= 4 is 17.5 Å². The number of hydrogen-bond donors (Lipinski definition) is 1. The van der Waals surface area contributed by atoms with Crippen molar-refractivity contribution in [2.24, 2.45) is 0 Å². The van der Waals surface area contributed by atoms with Crippen LogP contribution in [0.1, 0.15) is 47.9 Å². The van der Waals surface area contributed by atoms with E-state index in [1.165, 1.54) is 6.07 Å². The maximum atomic E-state index is 13.8. The number of carbonyl (C=O) groups excluding carboxylic acids is 1. The molecule has 124 valence electrons. The average molecular weight is 338 g/mol. The van der Waals surface area contributed by atoms with E-state index in [0.29, 0.717) is 18.0 Å². The highest BCUT2D eigenvalue weighted by molar-refractivity contribution is 6.34. The summed E-state index contributed by atoms with van der Waals surface area (Å²) in [4.78, 5) is 16.4. The number of hydrogen-bond acceptors (Lipinski definition) is 2. The lowest BCUT2D eigenvalue weighted by Crippen LogP contribution is -2.26. The lowest BCUT2D eigenvalue weighted by atomic mass is 10.1. The smallest absolute Gasteiger partial charge is 0.255 e. The maximum absolute atomic E-state index is 13.8. The second-order valence-electron chi connectivity index (χ2n) is 5.80. The molecule has 2 aromatic rings. The first-order valence-corrected chi connectivity index (χ1v) is 8.03. The Morgan fingerprint density at radius 1 is 1.43 bits per heavy atom. The number of nitrogens with zero attached hydrogens (tertiary/aromatic N) is 2. The molecule has 0 aliphatic rings. The van der Waals surface area contributed by atoms with Crippen molar-refractivity contribution in [1.29, 1.82) is 0 Å². The average Bonchev–Trinajstić information content (AvgIpc) is 2.96. The molecule has 0 spiro atoms. The van der Waals surface area contributed by atoms with Crippen molar-refractivity contribution in [3.63, 3.8) is 0 Å². The first-order chi connectivity index (χ1) is 10.9. The molecule has 2 rings (SSSR count). The number of aromatic nitrogens is 2. The number of aryl methyl sites for hydroxylation is 2. The van der Waals surface area contributed by atoms with Gasteiger partial charge in [-0.2, -0.15) is 0 Å². The lowest BCUT2D eigenvalue weighted by Gasteiger charge is -2.12. The van der Waals surface area contributed by atoms with Crippen LogP contribution in [0.5, 0.6) is 0 Å². The Hall–Kier alpha value is -1.88. The van der Waals surface area contributed by atoms with Gasteiger partial charge in [0.2, 0.25) is 0 Å². The van der Waals surface area contributed by atoms with Crippen molar-refractivity contribution in [2.45, 2.75) is 39.7 Å². The number of carbonyl (C=O) groups is 1. The van der Waals surface area contributed by atoms with Gasteiger partial charge in [0.25, 0.3) is 5.91 Å². The SMILES string of the molecule is Cc1ccc(F)c(C(=O)NCCCn2ccnc2C(C)C)c1Cl. The summed E-state index contributed by atoms with van der Waals surface area (Å²) in [5.41, 5.74) is 0.593. The second-order valence-corrected chi connectivity index (χ2v) is 6.17. The second kappa shape index (κ2) is 7.59. The lowest BCUT2D eigenvalue weighted by molar-refractivity contribution is 0.0948. The van der Waals surface area contributed by atoms with Gasteiger partial charge in [-0.1, -0.05) is 31.5 Å². The highest BCUT2D eigenvalue weighted by atomic mass is 35.5. The van der Waals surface area contributed by atoms with E-state index >= 15 is 0 Å². The minimum atomic E-state index is -0.602. The molecule has 0 saturated carbocycles. The third-order valence-electron chi connectivity index (χ3n) is 3.64. The topological polar surface area (TPSA) is 46.9 Å². The zero-order chi connectivity index (χ0) is 17.0. The van der Waals surface area contributed by atoms with E-state index in [2.05, 4.69) is 28.7 Å². The highest BCUT2D eigenvalue weighted by Gasteiger charge is 2.17. The molecule has 0 radical (unpaired) electrons. The quantitative estimate of drug-likeness (QED) is 0.812.